The molecule has 12 heavy (non-hydrogen) atoms. The molecule has 0 amide bonds. The molecule has 1 aromatic heterocycles. The molecule has 0 saturated heterocycles. The van der Waals surface area contributed by atoms with Crippen LogP contribution in [0.4, 0.5) is 0 Å². The summed E-state index contributed by atoms with van der Waals surface area (Å²) < 4.78 is 0. The van der Waals surface area contributed by atoms with E-state index in [2.05, 4.69) is 9.97 Å². The molecule has 0 bridgehead atoms. The van der Waals surface area contributed by atoms with E-state index in [1.807, 2.05) is 6.92 Å². The van der Waals surface area contributed by atoms with Crippen LogP contribution in [0.25, 0.3) is 0 Å². The van der Waals surface area contributed by atoms with E-state index in [1.165, 1.54) is 6.33 Å². The third-order valence-electron chi connectivity index (χ3n) is 2.46. The molecule has 1 saturated carbocycles. The number of hydrogen-bond acceptors (Lipinski definition) is 3. The second kappa shape index (κ2) is 2.37. The van der Waals surface area contributed by atoms with Gasteiger partial charge in [0.15, 0.2) is 0 Å². The van der Waals surface area contributed by atoms with Crippen molar-refractivity contribution in [2.24, 2.45) is 0 Å². The number of carbonyl (C=O) groups is 1. The summed E-state index contributed by atoms with van der Waals surface area (Å²) >= 11 is 0. The number of hydrogen-bond donors (Lipinski definition) is 0. The van der Waals surface area contributed by atoms with Crippen molar-refractivity contribution < 1.29 is 4.79 Å². The number of aldehydes is 1. The van der Waals surface area contributed by atoms with Gasteiger partial charge in [0.2, 0.25) is 0 Å². The van der Waals surface area contributed by atoms with Gasteiger partial charge in [-0.25, -0.2) is 9.97 Å². The average molecular weight is 162 g/mol. The Morgan fingerprint density at radius 1 is 1.58 bits per heavy atom. The van der Waals surface area contributed by atoms with E-state index in [-0.39, 0.29) is 5.41 Å². The van der Waals surface area contributed by atoms with Gasteiger partial charge in [0.25, 0.3) is 0 Å². The van der Waals surface area contributed by atoms with Crippen LogP contribution in [0.1, 0.15) is 24.1 Å². The Balaban J connectivity index is 2.46. The van der Waals surface area contributed by atoms with Crippen LogP contribution in [0.5, 0.6) is 0 Å². The van der Waals surface area contributed by atoms with Gasteiger partial charge >= 0.3 is 0 Å². The van der Waals surface area contributed by atoms with Gasteiger partial charge in [-0.2, -0.15) is 0 Å². The molecule has 2 rings (SSSR count). The normalized spacial score (nSPS) is 18.8. The molecule has 0 radical (unpaired) electrons. The first-order chi connectivity index (χ1) is 5.78. The molecule has 3 heteroatoms. The quantitative estimate of drug-likeness (QED) is 0.609. The third-order valence-corrected chi connectivity index (χ3v) is 2.46. The van der Waals surface area contributed by atoms with Crippen LogP contribution < -0.4 is 0 Å². The van der Waals surface area contributed by atoms with Gasteiger partial charge in [-0.05, 0) is 19.8 Å². The average Bonchev–Trinajstić information content (AvgIpc) is 2.86. The van der Waals surface area contributed by atoms with Gasteiger partial charge in [-0.3, -0.25) is 0 Å². The zero-order valence-electron chi connectivity index (χ0n) is 6.95. The van der Waals surface area contributed by atoms with Crippen LogP contribution in [0.15, 0.2) is 12.5 Å². The van der Waals surface area contributed by atoms with Crippen LogP contribution in [-0.4, -0.2) is 16.3 Å². The van der Waals surface area contributed by atoms with Crippen molar-refractivity contribution in [3.8, 4) is 0 Å². The van der Waals surface area contributed by atoms with E-state index in [9.17, 15) is 4.79 Å². The lowest BCUT2D eigenvalue weighted by atomic mass is 9.98. The molecule has 1 aliphatic carbocycles. The summed E-state index contributed by atoms with van der Waals surface area (Å²) in [6.07, 6.45) is 6.19. The summed E-state index contributed by atoms with van der Waals surface area (Å²) in [6, 6.07) is 0. The Bertz CT molecular complexity index is 318. The monoisotopic (exact) mass is 162 g/mol. The highest BCUT2D eigenvalue weighted by atomic mass is 16.1. The second-order valence-corrected chi connectivity index (χ2v) is 3.30. The summed E-state index contributed by atoms with van der Waals surface area (Å²) in [4.78, 5) is 18.8. The molecule has 1 heterocycles. The Hall–Kier alpha value is -1.25. The standard InChI is InChI=1S/C9H10N2O/c1-7-8(4-10-6-11-7)9(5-12)2-3-9/h4-6H,2-3H2,1H3. The molecular weight excluding hydrogens is 152 g/mol. The van der Waals surface area contributed by atoms with Crippen molar-refractivity contribution in [3.05, 3.63) is 23.8 Å². The van der Waals surface area contributed by atoms with Crippen molar-refractivity contribution in [1.82, 2.24) is 9.97 Å². The summed E-state index contributed by atoms with van der Waals surface area (Å²) in [6.45, 7) is 1.92. The topological polar surface area (TPSA) is 42.9 Å². The smallest absolute Gasteiger partial charge is 0.130 e. The van der Waals surface area contributed by atoms with Gasteiger partial charge in [0, 0.05) is 17.5 Å². The van der Waals surface area contributed by atoms with Crippen molar-refractivity contribution in [3.63, 3.8) is 0 Å². The summed E-state index contributed by atoms with van der Waals surface area (Å²) in [5, 5.41) is 0. The minimum atomic E-state index is -0.231. The fraction of sp³-hybridized carbons (Fsp3) is 0.444. The SMILES string of the molecule is Cc1ncncc1C1(C=O)CC1. The number of rotatable bonds is 2. The maximum Gasteiger partial charge on any atom is 0.130 e. The molecule has 0 unspecified atom stereocenters. The highest BCUT2D eigenvalue weighted by molar-refractivity contribution is 5.73. The van der Waals surface area contributed by atoms with Crippen molar-refractivity contribution in [2.45, 2.75) is 25.2 Å². The Morgan fingerprint density at radius 3 is 2.83 bits per heavy atom. The van der Waals surface area contributed by atoms with E-state index in [0.29, 0.717) is 0 Å². The first-order valence-corrected chi connectivity index (χ1v) is 4.02. The van der Waals surface area contributed by atoms with Gasteiger partial charge in [-0.1, -0.05) is 0 Å². The lowest BCUT2D eigenvalue weighted by Crippen LogP contribution is -2.11. The molecule has 0 atom stereocenters. The zero-order chi connectivity index (χ0) is 8.60. The van der Waals surface area contributed by atoms with Crippen LogP contribution in [0.3, 0.4) is 0 Å². The lowest BCUT2D eigenvalue weighted by molar-refractivity contribution is -0.109. The van der Waals surface area contributed by atoms with E-state index >= 15 is 0 Å². The van der Waals surface area contributed by atoms with Gasteiger partial charge < -0.3 is 4.79 Å². The van der Waals surface area contributed by atoms with Crippen molar-refractivity contribution in [2.75, 3.05) is 0 Å². The molecule has 1 aliphatic rings. The maximum atomic E-state index is 10.8. The molecule has 0 N–H and O–H groups in total. The minimum absolute atomic E-state index is 0.231. The van der Waals surface area contributed by atoms with Crippen LogP contribution in [0.2, 0.25) is 0 Å². The van der Waals surface area contributed by atoms with Crippen LogP contribution in [0, 0.1) is 6.92 Å². The fourth-order valence-electron chi connectivity index (χ4n) is 1.46. The largest absolute Gasteiger partial charge is 0.302 e. The van der Waals surface area contributed by atoms with E-state index in [0.717, 1.165) is 30.4 Å². The predicted molar refractivity (Wildman–Crippen MR) is 43.7 cm³/mol. The van der Waals surface area contributed by atoms with E-state index < -0.39 is 0 Å². The number of nitrogens with zero attached hydrogens (tertiary/aromatic N) is 2. The van der Waals surface area contributed by atoms with Gasteiger partial charge in [-0.15, -0.1) is 0 Å². The lowest BCUT2D eigenvalue weighted by Gasteiger charge is -2.08. The maximum absolute atomic E-state index is 10.8. The minimum Gasteiger partial charge on any atom is -0.302 e. The zero-order valence-corrected chi connectivity index (χ0v) is 6.95. The highest BCUT2D eigenvalue weighted by Crippen LogP contribution is 2.46. The second-order valence-electron chi connectivity index (χ2n) is 3.30. The first-order valence-electron chi connectivity index (χ1n) is 4.02. The molecule has 1 fully saturated rings. The molecule has 0 aromatic carbocycles. The summed E-state index contributed by atoms with van der Waals surface area (Å²) in [5.74, 6) is 0. The van der Waals surface area contributed by atoms with Crippen molar-refractivity contribution >= 4 is 6.29 Å². The predicted octanol–water partition coefficient (Wildman–Crippen LogP) is 1.02. The Labute approximate surface area is 70.9 Å². The number of aromatic nitrogens is 2. The molecule has 3 nitrogen and oxygen atoms in total. The molecule has 0 spiro atoms. The van der Waals surface area contributed by atoms with E-state index in [4.69, 9.17) is 0 Å². The van der Waals surface area contributed by atoms with Gasteiger partial charge in [0.05, 0.1) is 5.41 Å². The van der Waals surface area contributed by atoms with Crippen LogP contribution in [-0.2, 0) is 10.2 Å². The van der Waals surface area contributed by atoms with E-state index in [1.54, 1.807) is 6.20 Å². The summed E-state index contributed by atoms with van der Waals surface area (Å²) in [5.41, 5.74) is 1.69. The molecule has 1 aromatic rings. The summed E-state index contributed by atoms with van der Waals surface area (Å²) in [7, 11) is 0. The number of aryl methyl sites for hydroxylation is 1. The molecule has 62 valence electrons. The first kappa shape index (κ1) is 7.40. The molecule has 0 aliphatic heterocycles. The van der Waals surface area contributed by atoms with Gasteiger partial charge in [0.1, 0.15) is 12.6 Å². The fourth-order valence-corrected chi connectivity index (χ4v) is 1.46. The Kier molecular flexibility index (Phi) is 1.46. The highest BCUT2D eigenvalue weighted by Gasteiger charge is 2.45. The van der Waals surface area contributed by atoms with Crippen molar-refractivity contribution in [1.29, 1.82) is 0 Å². The van der Waals surface area contributed by atoms with Crippen LogP contribution >= 0.6 is 0 Å². The number of carbonyl (C=O) groups excluding carboxylic acids is 1. The molecular formula is C9H10N2O. The Morgan fingerprint density at radius 2 is 2.33 bits per heavy atom. The third kappa shape index (κ3) is 0.932.